The van der Waals surface area contributed by atoms with Crippen molar-refractivity contribution in [2.24, 2.45) is 5.92 Å². The minimum atomic E-state index is -0.384. The second kappa shape index (κ2) is 6.79. The maximum atomic E-state index is 12.6. The van der Waals surface area contributed by atoms with Gasteiger partial charge in [0.2, 0.25) is 16.9 Å². The van der Waals surface area contributed by atoms with Crippen molar-refractivity contribution < 1.29 is 9.59 Å². The fourth-order valence-corrected chi connectivity index (χ4v) is 3.81. The van der Waals surface area contributed by atoms with E-state index in [0.717, 1.165) is 21.8 Å². The van der Waals surface area contributed by atoms with Crippen LogP contribution in [0.1, 0.15) is 43.3 Å². The number of anilines is 2. The summed E-state index contributed by atoms with van der Waals surface area (Å²) in [5, 5.41) is 12.4. The standard InChI is InChI=1S/C19H24N4O2S/c1-11-6-7-14(12(2)8-11)23-10-13(9-15(23)24)16(25)20-18-22-21-17(26-18)19(3,4)5/h6-8,13H,9-10H2,1-5H3,(H,20,22,25). The summed E-state index contributed by atoms with van der Waals surface area (Å²) in [6.45, 7) is 10.5. The fourth-order valence-electron chi connectivity index (χ4n) is 3.01. The molecule has 1 saturated heterocycles. The third kappa shape index (κ3) is 3.77. The minimum absolute atomic E-state index is 0.0234. The van der Waals surface area contributed by atoms with Crippen LogP contribution in [0.4, 0.5) is 10.8 Å². The van der Waals surface area contributed by atoms with Gasteiger partial charge < -0.3 is 10.2 Å². The van der Waals surface area contributed by atoms with E-state index in [1.54, 1.807) is 4.90 Å². The largest absolute Gasteiger partial charge is 0.311 e. The topological polar surface area (TPSA) is 75.2 Å². The monoisotopic (exact) mass is 372 g/mol. The van der Waals surface area contributed by atoms with E-state index in [9.17, 15) is 9.59 Å². The number of hydrogen-bond acceptors (Lipinski definition) is 5. The third-order valence-electron chi connectivity index (χ3n) is 4.44. The molecular formula is C19H24N4O2S. The zero-order chi connectivity index (χ0) is 19.1. The van der Waals surface area contributed by atoms with Crippen LogP contribution in [0.2, 0.25) is 0 Å². The Morgan fingerprint density at radius 1 is 1.27 bits per heavy atom. The highest BCUT2D eigenvalue weighted by atomic mass is 32.1. The van der Waals surface area contributed by atoms with Crippen molar-refractivity contribution in [2.75, 3.05) is 16.8 Å². The molecule has 1 N–H and O–H groups in total. The molecular weight excluding hydrogens is 348 g/mol. The molecule has 7 heteroatoms. The van der Waals surface area contributed by atoms with E-state index in [2.05, 4.69) is 36.3 Å². The molecule has 3 rings (SSSR count). The number of nitrogens with zero attached hydrogens (tertiary/aromatic N) is 3. The molecule has 6 nitrogen and oxygen atoms in total. The number of rotatable bonds is 3. The molecule has 2 aromatic rings. The summed E-state index contributed by atoms with van der Waals surface area (Å²) in [6, 6.07) is 5.98. The predicted octanol–water partition coefficient (Wildman–Crippen LogP) is 3.44. The van der Waals surface area contributed by atoms with Gasteiger partial charge in [-0.2, -0.15) is 0 Å². The maximum Gasteiger partial charge on any atom is 0.231 e. The number of carbonyl (C=O) groups is 2. The average molecular weight is 372 g/mol. The number of benzene rings is 1. The molecule has 1 unspecified atom stereocenters. The molecule has 2 amide bonds. The number of aryl methyl sites for hydroxylation is 2. The highest BCUT2D eigenvalue weighted by Gasteiger charge is 2.36. The number of amides is 2. The molecule has 0 aliphatic carbocycles. The fraction of sp³-hybridized carbons (Fsp3) is 0.474. The van der Waals surface area contributed by atoms with Crippen LogP contribution < -0.4 is 10.2 Å². The van der Waals surface area contributed by atoms with Crippen LogP contribution in [0.5, 0.6) is 0 Å². The SMILES string of the molecule is Cc1ccc(N2CC(C(=O)Nc3nnc(C(C)(C)C)s3)CC2=O)c(C)c1. The van der Waals surface area contributed by atoms with Crippen molar-refractivity contribution in [3.8, 4) is 0 Å². The Hall–Kier alpha value is -2.28. The summed E-state index contributed by atoms with van der Waals surface area (Å²) < 4.78 is 0. The summed E-state index contributed by atoms with van der Waals surface area (Å²) in [6.07, 6.45) is 0.212. The van der Waals surface area contributed by atoms with Crippen LogP contribution in [0, 0.1) is 19.8 Å². The molecule has 1 aliphatic heterocycles. The number of nitrogens with one attached hydrogen (secondary N) is 1. The van der Waals surface area contributed by atoms with Gasteiger partial charge in [-0.05, 0) is 25.5 Å². The second-order valence-electron chi connectivity index (χ2n) is 7.85. The lowest BCUT2D eigenvalue weighted by Gasteiger charge is -2.19. The molecule has 0 spiro atoms. The summed E-state index contributed by atoms with van der Waals surface area (Å²) in [7, 11) is 0. The Morgan fingerprint density at radius 2 is 2.00 bits per heavy atom. The Balaban J connectivity index is 1.70. The molecule has 26 heavy (non-hydrogen) atoms. The molecule has 1 aliphatic rings. The number of aromatic nitrogens is 2. The summed E-state index contributed by atoms with van der Waals surface area (Å²) in [4.78, 5) is 26.7. The second-order valence-corrected chi connectivity index (χ2v) is 8.82. The Labute approximate surface area is 157 Å². The van der Waals surface area contributed by atoms with Gasteiger partial charge in [-0.25, -0.2) is 0 Å². The summed E-state index contributed by atoms with van der Waals surface area (Å²) in [5.74, 6) is -0.586. The summed E-state index contributed by atoms with van der Waals surface area (Å²) in [5.41, 5.74) is 2.96. The van der Waals surface area contributed by atoms with E-state index < -0.39 is 0 Å². The highest BCUT2D eigenvalue weighted by molar-refractivity contribution is 7.15. The Morgan fingerprint density at radius 3 is 2.62 bits per heavy atom. The van der Waals surface area contributed by atoms with Gasteiger partial charge in [-0.1, -0.05) is 49.8 Å². The molecule has 0 radical (unpaired) electrons. The van der Waals surface area contributed by atoms with Crippen LogP contribution in [0.25, 0.3) is 0 Å². The smallest absolute Gasteiger partial charge is 0.231 e. The predicted molar refractivity (Wildman–Crippen MR) is 104 cm³/mol. The van der Waals surface area contributed by atoms with E-state index in [0.29, 0.717) is 11.7 Å². The van der Waals surface area contributed by atoms with Crippen molar-refractivity contribution in [3.05, 3.63) is 34.3 Å². The van der Waals surface area contributed by atoms with Crippen LogP contribution in [0.3, 0.4) is 0 Å². The van der Waals surface area contributed by atoms with E-state index in [1.807, 2.05) is 32.0 Å². The van der Waals surface area contributed by atoms with E-state index in [1.165, 1.54) is 11.3 Å². The molecule has 2 heterocycles. The maximum absolute atomic E-state index is 12.6. The Kier molecular flexibility index (Phi) is 4.84. The molecule has 1 aromatic heterocycles. The van der Waals surface area contributed by atoms with Crippen molar-refractivity contribution in [1.29, 1.82) is 0 Å². The van der Waals surface area contributed by atoms with E-state index in [-0.39, 0.29) is 29.6 Å². The third-order valence-corrected chi connectivity index (χ3v) is 5.70. The number of hydrogen-bond donors (Lipinski definition) is 1. The normalized spacial score (nSPS) is 17.7. The van der Waals surface area contributed by atoms with Gasteiger partial charge in [-0.15, -0.1) is 10.2 Å². The van der Waals surface area contributed by atoms with Gasteiger partial charge in [0.05, 0.1) is 5.92 Å². The number of carbonyl (C=O) groups excluding carboxylic acids is 2. The molecule has 138 valence electrons. The van der Waals surface area contributed by atoms with Gasteiger partial charge in [0.1, 0.15) is 5.01 Å². The first kappa shape index (κ1) is 18.5. The van der Waals surface area contributed by atoms with Crippen LogP contribution in [-0.4, -0.2) is 28.6 Å². The first-order valence-electron chi connectivity index (χ1n) is 8.67. The van der Waals surface area contributed by atoms with Crippen molar-refractivity contribution in [2.45, 2.75) is 46.5 Å². The zero-order valence-electron chi connectivity index (χ0n) is 15.8. The summed E-state index contributed by atoms with van der Waals surface area (Å²) >= 11 is 1.38. The van der Waals surface area contributed by atoms with Crippen molar-refractivity contribution in [3.63, 3.8) is 0 Å². The lowest BCUT2D eigenvalue weighted by atomic mass is 9.98. The van der Waals surface area contributed by atoms with Crippen molar-refractivity contribution in [1.82, 2.24) is 10.2 Å². The van der Waals surface area contributed by atoms with E-state index >= 15 is 0 Å². The molecule has 0 saturated carbocycles. The van der Waals surface area contributed by atoms with Crippen LogP contribution >= 0.6 is 11.3 Å². The van der Waals surface area contributed by atoms with Gasteiger partial charge in [0.15, 0.2) is 0 Å². The van der Waals surface area contributed by atoms with Gasteiger partial charge >= 0.3 is 0 Å². The molecule has 1 aromatic carbocycles. The quantitative estimate of drug-likeness (QED) is 0.895. The first-order valence-corrected chi connectivity index (χ1v) is 9.49. The zero-order valence-corrected chi connectivity index (χ0v) is 16.6. The van der Waals surface area contributed by atoms with Crippen molar-refractivity contribution >= 4 is 34.0 Å². The lowest BCUT2D eigenvalue weighted by molar-refractivity contribution is -0.122. The van der Waals surface area contributed by atoms with E-state index in [4.69, 9.17) is 0 Å². The van der Waals surface area contributed by atoms with Gasteiger partial charge in [-0.3, -0.25) is 9.59 Å². The average Bonchev–Trinajstić information content (AvgIpc) is 3.14. The first-order chi connectivity index (χ1) is 12.1. The van der Waals surface area contributed by atoms with Crippen LogP contribution in [0.15, 0.2) is 18.2 Å². The Bertz CT molecular complexity index is 853. The molecule has 1 fully saturated rings. The van der Waals surface area contributed by atoms with Gasteiger partial charge in [0, 0.05) is 24.1 Å². The minimum Gasteiger partial charge on any atom is -0.311 e. The molecule has 1 atom stereocenters. The van der Waals surface area contributed by atoms with Crippen LogP contribution in [-0.2, 0) is 15.0 Å². The lowest BCUT2D eigenvalue weighted by Crippen LogP contribution is -2.28. The van der Waals surface area contributed by atoms with Gasteiger partial charge in [0.25, 0.3) is 0 Å². The highest BCUT2D eigenvalue weighted by Crippen LogP contribution is 2.31. The molecule has 0 bridgehead atoms.